The highest BCUT2D eigenvalue weighted by Gasteiger charge is 2.11. The molecular formula is C21H22N2O3S. The molecular weight excluding hydrogens is 360 g/mol. The van der Waals surface area contributed by atoms with Crippen LogP contribution in [0.2, 0.25) is 0 Å². The van der Waals surface area contributed by atoms with Gasteiger partial charge < -0.3 is 15.0 Å². The zero-order chi connectivity index (χ0) is 19.2. The Kier molecular flexibility index (Phi) is 6.08. The summed E-state index contributed by atoms with van der Waals surface area (Å²) in [5.41, 5.74) is 2.73. The van der Waals surface area contributed by atoms with E-state index < -0.39 is 0 Å². The number of amides is 2. The number of carbonyl (C=O) groups is 2. The van der Waals surface area contributed by atoms with Gasteiger partial charge in [-0.1, -0.05) is 30.3 Å². The molecule has 27 heavy (non-hydrogen) atoms. The van der Waals surface area contributed by atoms with Crippen molar-refractivity contribution in [1.82, 2.24) is 10.2 Å². The van der Waals surface area contributed by atoms with Crippen LogP contribution in [0.15, 0.2) is 53.9 Å². The molecule has 2 amide bonds. The van der Waals surface area contributed by atoms with Crippen LogP contribution in [0, 0.1) is 0 Å². The van der Waals surface area contributed by atoms with Gasteiger partial charge in [-0.25, -0.2) is 9.59 Å². The Morgan fingerprint density at radius 3 is 2.59 bits per heavy atom. The summed E-state index contributed by atoms with van der Waals surface area (Å²) in [6.07, 6.45) is 0.697. The first kappa shape index (κ1) is 18.9. The number of methoxy groups -OCH3 is 1. The summed E-state index contributed by atoms with van der Waals surface area (Å²) >= 11 is 1.70. The number of benzene rings is 2. The average Bonchev–Trinajstić information content (AvgIpc) is 3.10. The van der Waals surface area contributed by atoms with Crippen molar-refractivity contribution in [3.8, 4) is 0 Å². The van der Waals surface area contributed by atoms with Crippen LogP contribution < -0.4 is 5.32 Å². The van der Waals surface area contributed by atoms with E-state index in [-0.39, 0.29) is 12.0 Å². The smallest absolute Gasteiger partial charge is 0.337 e. The summed E-state index contributed by atoms with van der Waals surface area (Å²) in [5.74, 6) is -0.350. The van der Waals surface area contributed by atoms with E-state index in [0.717, 1.165) is 11.1 Å². The summed E-state index contributed by atoms with van der Waals surface area (Å²) in [5, 5.41) is 6.25. The number of hydrogen-bond donors (Lipinski definition) is 1. The van der Waals surface area contributed by atoms with E-state index in [1.807, 2.05) is 24.3 Å². The summed E-state index contributed by atoms with van der Waals surface area (Å²) in [6.45, 7) is 1.11. The number of hydrogen-bond acceptors (Lipinski definition) is 4. The summed E-state index contributed by atoms with van der Waals surface area (Å²) in [4.78, 5) is 25.5. The molecule has 0 aliphatic rings. The van der Waals surface area contributed by atoms with Gasteiger partial charge in [0.25, 0.3) is 0 Å². The van der Waals surface area contributed by atoms with Crippen molar-refractivity contribution in [2.45, 2.75) is 13.0 Å². The Labute approximate surface area is 162 Å². The lowest BCUT2D eigenvalue weighted by Crippen LogP contribution is -2.37. The first-order valence-corrected chi connectivity index (χ1v) is 9.58. The normalized spacial score (nSPS) is 10.6. The molecule has 0 aliphatic heterocycles. The second kappa shape index (κ2) is 8.68. The van der Waals surface area contributed by atoms with Gasteiger partial charge in [0, 0.05) is 24.8 Å². The van der Waals surface area contributed by atoms with E-state index in [4.69, 9.17) is 0 Å². The highest BCUT2D eigenvalue weighted by molar-refractivity contribution is 7.17. The van der Waals surface area contributed by atoms with Crippen LogP contribution in [-0.2, 0) is 17.7 Å². The second-order valence-corrected chi connectivity index (χ2v) is 7.19. The molecule has 0 radical (unpaired) electrons. The molecule has 5 nitrogen and oxygen atoms in total. The molecule has 1 N–H and O–H groups in total. The van der Waals surface area contributed by atoms with Gasteiger partial charge in [0.05, 0.1) is 12.7 Å². The largest absolute Gasteiger partial charge is 0.465 e. The lowest BCUT2D eigenvalue weighted by molar-refractivity contribution is 0.0600. The second-order valence-electron chi connectivity index (χ2n) is 6.28. The minimum atomic E-state index is -0.350. The van der Waals surface area contributed by atoms with Gasteiger partial charge in [-0.05, 0) is 46.5 Å². The fourth-order valence-electron chi connectivity index (χ4n) is 2.86. The van der Waals surface area contributed by atoms with Crippen LogP contribution in [0.4, 0.5) is 4.79 Å². The number of esters is 1. The number of fused-ring (bicyclic) bond motifs is 1. The third-order valence-electron chi connectivity index (χ3n) is 4.38. The molecule has 0 saturated heterocycles. The van der Waals surface area contributed by atoms with Gasteiger partial charge in [0.2, 0.25) is 0 Å². The Morgan fingerprint density at radius 2 is 1.85 bits per heavy atom. The Balaban J connectivity index is 1.49. The molecule has 2 aromatic carbocycles. The zero-order valence-corrected chi connectivity index (χ0v) is 16.2. The summed E-state index contributed by atoms with van der Waals surface area (Å²) < 4.78 is 5.92. The fourth-order valence-corrected chi connectivity index (χ4v) is 3.81. The molecule has 1 aromatic heterocycles. The van der Waals surface area contributed by atoms with Gasteiger partial charge in [-0.3, -0.25) is 0 Å². The molecule has 3 aromatic rings. The molecule has 0 saturated carbocycles. The molecule has 0 fully saturated rings. The van der Waals surface area contributed by atoms with Gasteiger partial charge >= 0.3 is 12.0 Å². The SMILES string of the molecule is COC(=O)c1ccc(CCNC(=O)N(C)Cc2csc3ccccc23)cc1. The molecule has 6 heteroatoms. The minimum Gasteiger partial charge on any atom is -0.465 e. The van der Waals surface area contributed by atoms with E-state index in [1.54, 1.807) is 35.4 Å². The number of urea groups is 1. The predicted octanol–water partition coefficient (Wildman–Crippen LogP) is 4.07. The van der Waals surface area contributed by atoms with E-state index >= 15 is 0 Å². The maximum atomic E-state index is 12.3. The highest BCUT2D eigenvalue weighted by Crippen LogP contribution is 2.26. The quantitative estimate of drug-likeness (QED) is 0.654. The van der Waals surface area contributed by atoms with Crippen LogP contribution in [-0.4, -0.2) is 37.6 Å². The van der Waals surface area contributed by atoms with Crippen molar-refractivity contribution in [3.05, 3.63) is 70.6 Å². The number of carbonyl (C=O) groups excluding carboxylic acids is 2. The third kappa shape index (κ3) is 4.65. The fraction of sp³-hybridized carbons (Fsp3) is 0.238. The number of nitrogens with zero attached hydrogens (tertiary/aromatic N) is 1. The van der Waals surface area contributed by atoms with Gasteiger partial charge in [-0.2, -0.15) is 0 Å². The monoisotopic (exact) mass is 382 g/mol. The van der Waals surface area contributed by atoms with Crippen molar-refractivity contribution < 1.29 is 14.3 Å². The molecule has 140 valence electrons. The number of thiophene rings is 1. The van der Waals surface area contributed by atoms with E-state index in [1.165, 1.54) is 17.2 Å². The van der Waals surface area contributed by atoms with Crippen molar-refractivity contribution in [1.29, 1.82) is 0 Å². The lowest BCUT2D eigenvalue weighted by Gasteiger charge is -2.17. The van der Waals surface area contributed by atoms with Crippen LogP contribution >= 0.6 is 11.3 Å². The maximum Gasteiger partial charge on any atom is 0.337 e. The zero-order valence-electron chi connectivity index (χ0n) is 15.4. The Morgan fingerprint density at radius 1 is 1.11 bits per heavy atom. The first-order chi connectivity index (χ1) is 13.1. The highest BCUT2D eigenvalue weighted by atomic mass is 32.1. The number of ether oxygens (including phenoxy) is 1. The van der Waals surface area contributed by atoms with Gasteiger partial charge in [-0.15, -0.1) is 11.3 Å². The van der Waals surface area contributed by atoms with Crippen molar-refractivity contribution in [2.24, 2.45) is 0 Å². The molecule has 0 unspecified atom stereocenters. The topological polar surface area (TPSA) is 58.6 Å². The Bertz CT molecular complexity index is 934. The predicted molar refractivity (Wildman–Crippen MR) is 108 cm³/mol. The Hall–Kier alpha value is -2.86. The maximum absolute atomic E-state index is 12.3. The molecule has 3 rings (SSSR count). The summed E-state index contributed by atoms with van der Waals surface area (Å²) in [7, 11) is 3.16. The number of nitrogens with one attached hydrogen (secondary N) is 1. The van der Waals surface area contributed by atoms with Crippen LogP contribution in [0.5, 0.6) is 0 Å². The van der Waals surface area contributed by atoms with Gasteiger partial charge in [0.1, 0.15) is 0 Å². The van der Waals surface area contributed by atoms with Gasteiger partial charge in [0.15, 0.2) is 0 Å². The molecule has 0 aliphatic carbocycles. The van der Waals surface area contributed by atoms with Crippen molar-refractivity contribution in [2.75, 3.05) is 20.7 Å². The third-order valence-corrected chi connectivity index (χ3v) is 5.39. The standard InChI is InChI=1S/C21H22N2O3S/c1-23(13-17-14-27-19-6-4-3-5-18(17)19)21(25)22-12-11-15-7-9-16(10-8-15)20(24)26-2/h3-10,14H,11-13H2,1-2H3,(H,22,25). The lowest BCUT2D eigenvalue weighted by atomic mass is 10.1. The molecule has 0 bridgehead atoms. The van der Waals surface area contributed by atoms with Crippen molar-refractivity contribution >= 4 is 33.4 Å². The first-order valence-electron chi connectivity index (χ1n) is 8.70. The van der Waals surface area contributed by atoms with Crippen LogP contribution in [0.3, 0.4) is 0 Å². The minimum absolute atomic E-state index is 0.100. The molecule has 1 heterocycles. The molecule has 0 atom stereocenters. The van der Waals surface area contributed by atoms with E-state index in [9.17, 15) is 9.59 Å². The summed E-state index contributed by atoms with van der Waals surface area (Å²) in [6, 6.07) is 15.3. The van der Waals surface area contributed by atoms with E-state index in [0.29, 0.717) is 25.1 Å². The number of rotatable bonds is 6. The molecule has 0 spiro atoms. The average molecular weight is 382 g/mol. The van der Waals surface area contributed by atoms with E-state index in [2.05, 4.69) is 27.6 Å². The van der Waals surface area contributed by atoms with Crippen LogP contribution in [0.1, 0.15) is 21.5 Å². The van der Waals surface area contributed by atoms with Crippen LogP contribution in [0.25, 0.3) is 10.1 Å². The van der Waals surface area contributed by atoms with Crippen molar-refractivity contribution in [3.63, 3.8) is 0 Å².